The molecule has 2 rings (SSSR count). The largest absolute Gasteiger partial charge is 0.461 e. The zero-order chi connectivity index (χ0) is 15.4. The molecule has 0 atom stereocenters. The first kappa shape index (κ1) is 15.4. The standard InChI is InChI=1S/C12H16ClN5O3/c1-4-20-12(19)10-8(5-13)18(17-15-10)6-9-14-11(7(2)3)21-16-9/h7H,4-6H2,1-3H3. The summed E-state index contributed by atoms with van der Waals surface area (Å²) in [5, 5.41) is 11.6. The van der Waals surface area contributed by atoms with Gasteiger partial charge in [-0.15, -0.1) is 16.7 Å². The first-order valence-corrected chi connectivity index (χ1v) is 7.08. The van der Waals surface area contributed by atoms with Crippen LogP contribution in [0, 0.1) is 0 Å². The van der Waals surface area contributed by atoms with E-state index in [1.54, 1.807) is 6.92 Å². The van der Waals surface area contributed by atoms with Gasteiger partial charge in [0, 0.05) is 5.92 Å². The Bertz CT molecular complexity index is 622. The van der Waals surface area contributed by atoms with Crippen molar-refractivity contribution in [2.45, 2.75) is 39.1 Å². The van der Waals surface area contributed by atoms with Crippen LogP contribution in [0.1, 0.15) is 54.6 Å². The fraction of sp³-hybridized carbons (Fsp3) is 0.583. The molecule has 8 nitrogen and oxygen atoms in total. The van der Waals surface area contributed by atoms with Gasteiger partial charge < -0.3 is 9.26 Å². The van der Waals surface area contributed by atoms with Gasteiger partial charge in [0.05, 0.1) is 18.2 Å². The van der Waals surface area contributed by atoms with Gasteiger partial charge in [-0.1, -0.05) is 24.2 Å². The van der Waals surface area contributed by atoms with Crippen molar-refractivity contribution in [3.05, 3.63) is 23.1 Å². The van der Waals surface area contributed by atoms with Crippen LogP contribution in [0.4, 0.5) is 0 Å². The second-order valence-corrected chi connectivity index (χ2v) is 4.87. The number of alkyl halides is 1. The summed E-state index contributed by atoms with van der Waals surface area (Å²) >= 11 is 5.87. The molecule has 0 aliphatic heterocycles. The van der Waals surface area contributed by atoms with Gasteiger partial charge in [-0.05, 0) is 6.92 Å². The minimum atomic E-state index is -0.546. The van der Waals surface area contributed by atoms with Crippen LogP contribution in [-0.2, 0) is 17.2 Å². The quantitative estimate of drug-likeness (QED) is 0.592. The molecule has 0 aliphatic rings. The summed E-state index contributed by atoms with van der Waals surface area (Å²) in [7, 11) is 0. The fourth-order valence-corrected chi connectivity index (χ4v) is 1.91. The molecule has 0 N–H and O–H groups in total. The maximum atomic E-state index is 11.7. The van der Waals surface area contributed by atoms with E-state index in [0.29, 0.717) is 17.4 Å². The fourth-order valence-electron chi connectivity index (χ4n) is 1.65. The molecule has 0 radical (unpaired) electrons. The smallest absolute Gasteiger partial charge is 0.360 e. The Morgan fingerprint density at radius 2 is 2.24 bits per heavy atom. The van der Waals surface area contributed by atoms with Crippen molar-refractivity contribution in [3.63, 3.8) is 0 Å². The van der Waals surface area contributed by atoms with Crippen LogP contribution in [-0.4, -0.2) is 37.7 Å². The Labute approximate surface area is 126 Å². The highest BCUT2D eigenvalue weighted by Gasteiger charge is 2.21. The molecule has 0 saturated carbocycles. The molecule has 0 fully saturated rings. The van der Waals surface area contributed by atoms with Crippen LogP contribution in [0.5, 0.6) is 0 Å². The summed E-state index contributed by atoms with van der Waals surface area (Å²) in [5.74, 6) is 0.671. The lowest BCUT2D eigenvalue weighted by Gasteiger charge is -2.02. The molecule has 0 aliphatic carbocycles. The maximum Gasteiger partial charge on any atom is 0.360 e. The number of nitrogens with zero attached hydrogens (tertiary/aromatic N) is 5. The van der Waals surface area contributed by atoms with Gasteiger partial charge in [0.2, 0.25) is 5.89 Å². The zero-order valence-electron chi connectivity index (χ0n) is 12.0. The van der Waals surface area contributed by atoms with Crippen molar-refractivity contribution in [1.29, 1.82) is 0 Å². The van der Waals surface area contributed by atoms with Gasteiger partial charge in [-0.3, -0.25) is 0 Å². The van der Waals surface area contributed by atoms with Crippen LogP contribution in [0.25, 0.3) is 0 Å². The van der Waals surface area contributed by atoms with Crippen molar-refractivity contribution in [2.24, 2.45) is 0 Å². The Balaban J connectivity index is 2.21. The van der Waals surface area contributed by atoms with E-state index in [4.69, 9.17) is 20.9 Å². The van der Waals surface area contributed by atoms with E-state index in [-0.39, 0.29) is 30.6 Å². The van der Waals surface area contributed by atoms with E-state index in [0.717, 1.165) is 0 Å². The highest BCUT2D eigenvalue weighted by atomic mass is 35.5. The molecular formula is C12H16ClN5O3. The third kappa shape index (κ3) is 3.38. The molecule has 0 spiro atoms. The first-order chi connectivity index (χ1) is 10.1. The highest BCUT2D eigenvalue weighted by molar-refractivity contribution is 6.17. The Hall–Kier alpha value is -1.96. The average Bonchev–Trinajstić information content (AvgIpc) is 3.06. The van der Waals surface area contributed by atoms with Gasteiger partial charge in [-0.2, -0.15) is 4.98 Å². The summed E-state index contributed by atoms with van der Waals surface area (Å²) in [4.78, 5) is 16.0. The van der Waals surface area contributed by atoms with Gasteiger partial charge in [0.1, 0.15) is 6.54 Å². The van der Waals surface area contributed by atoms with Crippen molar-refractivity contribution >= 4 is 17.6 Å². The Morgan fingerprint density at radius 3 is 2.81 bits per heavy atom. The predicted molar refractivity (Wildman–Crippen MR) is 73.0 cm³/mol. The number of aromatic nitrogens is 5. The van der Waals surface area contributed by atoms with Crippen molar-refractivity contribution in [3.8, 4) is 0 Å². The van der Waals surface area contributed by atoms with Gasteiger partial charge in [0.15, 0.2) is 11.5 Å². The van der Waals surface area contributed by atoms with E-state index in [2.05, 4.69) is 20.5 Å². The Kier molecular flexibility index (Phi) is 4.89. The number of ether oxygens (including phenoxy) is 1. The molecule has 2 heterocycles. The van der Waals surface area contributed by atoms with Crippen LogP contribution in [0.15, 0.2) is 4.52 Å². The minimum Gasteiger partial charge on any atom is -0.461 e. The molecule has 0 unspecified atom stereocenters. The SMILES string of the molecule is CCOC(=O)c1nnn(Cc2noc(C(C)C)n2)c1CCl. The molecule has 114 valence electrons. The third-order valence-corrected chi connectivity index (χ3v) is 2.96. The van der Waals surface area contributed by atoms with E-state index in [1.807, 2.05) is 13.8 Å². The van der Waals surface area contributed by atoms with Crippen molar-refractivity contribution < 1.29 is 14.1 Å². The van der Waals surface area contributed by atoms with Crippen LogP contribution in [0.3, 0.4) is 0 Å². The van der Waals surface area contributed by atoms with Crippen molar-refractivity contribution in [1.82, 2.24) is 25.1 Å². The predicted octanol–water partition coefficient (Wildman–Crippen LogP) is 1.75. The molecule has 2 aromatic heterocycles. The van der Waals surface area contributed by atoms with Crippen LogP contribution in [0.2, 0.25) is 0 Å². The molecule has 9 heteroatoms. The summed E-state index contributed by atoms with van der Waals surface area (Å²) in [6.07, 6.45) is 0. The molecule has 0 aromatic carbocycles. The van der Waals surface area contributed by atoms with E-state index in [1.165, 1.54) is 4.68 Å². The van der Waals surface area contributed by atoms with E-state index < -0.39 is 5.97 Å². The molecule has 2 aromatic rings. The molecule has 0 bridgehead atoms. The van der Waals surface area contributed by atoms with E-state index >= 15 is 0 Å². The summed E-state index contributed by atoms with van der Waals surface area (Å²) in [5.41, 5.74) is 0.574. The van der Waals surface area contributed by atoms with Crippen molar-refractivity contribution in [2.75, 3.05) is 6.61 Å². The lowest BCUT2D eigenvalue weighted by atomic mass is 10.2. The highest BCUT2D eigenvalue weighted by Crippen LogP contribution is 2.14. The monoisotopic (exact) mass is 313 g/mol. The molecule has 0 saturated heterocycles. The Morgan fingerprint density at radius 1 is 1.48 bits per heavy atom. The molecule has 21 heavy (non-hydrogen) atoms. The molecular weight excluding hydrogens is 298 g/mol. The number of esters is 1. The number of hydrogen-bond donors (Lipinski definition) is 0. The number of rotatable bonds is 6. The van der Waals surface area contributed by atoms with Gasteiger partial charge in [0.25, 0.3) is 0 Å². The number of carbonyl (C=O) groups excluding carboxylic acids is 1. The number of carbonyl (C=O) groups is 1. The topological polar surface area (TPSA) is 95.9 Å². The number of hydrogen-bond acceptors (Lipinski definition) is 7. The molecule has 0 amide bonds. The van der Waals surface area contributed by atoms with Gasteiger partial charge >= 0.3 is 5.97 Å². The summed E-state index contributed by atoms with van der Waals surface area (Å²) in [6, 6.07) is 0. The van der Waals surface area contributed by atoms with Gasteiger partial charge in [-0.25, -0.2) is 9.48 Å². The second kappa shape index (κ2) is 6.66. The summed E-state index contributed by atoms with van der Waals surface area (Å²) < 4.78 is 11.5. The maximum absolute atomic E-state index is 11.7. The minimum absolute atomic E-state index is 0.0794. The summed E-state index contributed by atoms with van der Waals surface area (Å²) in [6.45, 7) is 6.11. The lowest BCUT2D eigenvalue weighted by Crippen LogP contribution is -2.11. The average molecular weight is 314 g/mol. The first-order valence-electron chi connectivity index (χ1n) is 6.54. The number of halogens is 1. The van der Waals surface area contributed by atoms with Crippen LogP contribution < -0.4 is 0 Å². The third-order valence-electron chi connectivity index (χ3n) is 2.70. The normalized spacial score (nSPS) is 11.1. The van der Waals surface area contributed by atoms with E-state index in [9.17, 15) is 4.79 Å². The zero-order valence-corrected chi connectivity index (χ0v) is 12.8. The lowest BCUT2D eigenvalue weighted by molar-refractivity contribution is 0.0518. The van der Waals surface area contributed by atoms with Crippen LogP contribution >= 0.6 is 11.6 Å². The second-order valence-electron chi connectivity index (χ2n) is 4.60.